The second-order valence-electron chi connectivity index (χ2n) is 15.7. The average Bonchev–Trinajstić information content (AvgIpc) is 4.22. The number of hydrogen-bond acceptors (Lipinski definition) is 19. The first-order chi connectivity index (χ1) is 33.8. The summed E-state index contributed by atoms with van der Waals surface area (Å²) in [5.74, 6) is 4.19. The molecule has 0 saturated carbocycles. The number of hydrogen-bond donors (Lipinski definition) is 0. The van der Waals surface area contributed by atoms with Gasteiger partial charge in [-0.15, -0.1) is 34.0 Å². The standard InChI is InChI=1S/C50H60O8S11/c1-7-13-19-53-41-31(25-37-62-47-48(63-37)67-39(66-47)27-33-43(55-21-15-9-3)45(35(29-51)60-33)57-23-17-11-5)59-32(42(41)54-20-14-8-2)26-38-64-49-50(65-38)69-40(68-49)28-34-44(56-22-16-10-4)46(36(30-52)61-34)58-24-18-12-6/h25-30H,7-24H2,1-6H3. The van der Waals surface area contributed by atoms with Crippen molar-refractivity contribution >= 4 is 165 Å². The summed E-state index contributed by atoms with van der Waals surface area (Å²) in [5.41, 5.74) is 0. The van der Waals surface area contributed by atoms with Crippen molar-refractivity contribution in [1.29, 1.82) is 0 Å². The molecule has 3 aromatic rings. The van der Waals surface area contributed by atoms with Crippen LogP contribution in [0.2, 0.25) is 0 Å². The maximum Gasteiger partial charge on any atom is 0.183 e. The molecule has 0 saturated heterocycles. The molecule has 4 aliphatic heterocycles. The summed E-state index contributed by atoms with van der Waals surface area (Å²) in [7, 11) is 0. The van der Waals surface area contributed by atoms with Gasteiger partial charge >= 0.3 is 0 Å². The Morgan fingerprint density at radius 3 is 0.681 bits per heavy atom. The highest BCUT2D eigenvalue weighted by Gasteiger charge is 2.34. The lowest BCUT2D eigenvalue weighted by Gasteiger charge is -2.11. The summed E-state index contributed by atoms with van der Waals surface area (Å²) < 4.78 is 48.0. The van der Waals surface area contributed by atoms with E-state index in [0.29, 0.717) is 72.4 Å². The van der Waals surface area contributed by atoms with Gasteiger partial charge in [-0.05, 0) is 62.8 Å². The van der Waals surface area contributed by atoms with Gasteiger partial charge in [-0.1, -0.05) is 174 Å². The summed E-state index contributed by atoms with van der Waals surface area (Å²) >= 11 is 18.9. The summed E-state index contributed by atoms with van der Waals surface area (Å²) in [6.45, 7) is 16.5. The second kappa shape index (κ2) is 28.8. The van der Waals surface area contributed by atoms with E-state index in [9.17, 15) is 9.59 Å². The van der Waals surface area contributed by atoms with Crippen LogP contribution in [0.3, 0.4) is 0 Å². The third kappa shape index (κ3) is 14.8. The van der Waals surface area contributed by atoms with Crippen LogP contribution in [-0.4, -0.2) is 52.2 Å². The molecular formula is C50H60O8S11. The maximum absolute atomic E-state index is 12.2. The molecule has 0 radical (unpaired) electrons. The fourth-order valence-electron chi connectivity index (χ4n) is 6.47. The fraction of sp³-hybridized carbons (Fsp3) is 0.480. The van der Waals surface area contributed by atoms with Gasteiger partial charge in [0.2, 0.25) is 0 Å². The third-order valence-electron chi connectivity index (χ3n) is 10.2. The first kappa shape index (κ1) is 55.2. The molecule has 7 rings (SSSR count). The van der Waals surface area contributed by atoms with Gasteiger partial charge in [0.1, 0.15) is 9.75 Å². The van der Waals surface area contributed by atoms with Crippen LogP contribution in [0, 0.1) is 0 Å². The van der Waals surface area contributed by atoms with Gasteiger partial charge in [-0.2, -0.15) is 0 Å². The first-order valence-electron chi connectivity index (χ1n) is 23.8. The number of aldehydes is 2. The van der Waals surface area contributed by atoms with Crippen molar-refractivity contribution in [2.45, 2.75) is 119 Å². The van der Waals surface area contributed by atoms with Crippen molar-refractivity contribution < 1.29 is 38.0 Å². The highest BCUT2D eigenvalue weighted by atomic mass is 32.3. The van der Waals surface area contributed by atoms with E-state index in [4.69, 9.17) is 28.4 Å². The fourth-order valence-corrected chi connectivity index (χ4v) is 22.3. The third-order valence-corrected chi connectivity index (χ3v) is 24.0. The van der Waals surface area contributed by atoms with Gasteiger partial charge in [-0.3, -0.25) is 9.59 Å². The zero-order valence-electron chi connectivity index (χ0n) is 39.9. The van der Waals surface area contributed by atoms with Crippen molar-refractivity contribution in [2.75, 3.05) is 39.6 Å². The maximum atomic E-state index is 12.2. The molecule has 7 heterocycles. The van der Waals surface area contributed by atoms with Crippen LogP contribution in [0.25, 0.3) is 24.3 Å². The SMILES string of the molecule is CCCCOc1c(C=O)sc(C=C2SC3=C(S2)SC(=Cc2sc(C=C4SC5=C(SC(=Cc6sc(C=O)c(OCCCC)c6OCCCC)S5)S4)c(OCCCC)c2OCCCC)S3)c1OCCCC. The van der Waals surface area contributed by atoms with Crippen LogP contribution in [0.15, 0.2) is 33.9 Å². The van der Waals surface area contributed by atoms with E-state index in [1.54, 1.807) is 105 Å². The van der Waals surface area contributed by atoms with E-state index in [2.05, 4.69) is 65.8 Å². The lowest BCUT2D eigenvalue weighted by molar-refractivity contribution is 0.111. The molecule has 0 fully saturated rings. The topological polar surface area (TPSA) is 89.5 Å². The van der Waals surface area contributed by atoms with E-state index >= 15 is 0 Å². The Hall–Kier alpha value is -1.52. The van der Waals surface area contributed by atoms with E-state index < -0.39 is 0 Å². The summed E-state index contributed by atoms with van der Waals surface area (Å²) in [6, 6.07) is 0. The van der Waals surface area contributed by atoms with E-state index in [1.807, 2.05) is 0 Å². The Morgan fingerprint density at radius 2 is 0.493 bits per heavy atom. The van der Waals surface area contributed by atoms with Gasteiger partial charge in [0.25, 0.3) is 0 Å². The lowest BCUT2D eigenvalue weighted by Crippen LogP contribution is -2.02. The minimum absolute atomic E-state index is 0.557. The molecule has 0 N–H and O–H groups in total. The molecule has 0 atom stereocenters. The largest absolute Gasteiger partial charge is 0.488 e. The Kier molecular flexibility index (Phi) is 23.1. The zero-order chi connectivity index (χ0) is 48.5. The molecule has 0 spiro atoms. The Balaban J connectivity index is 1.08. The van der Waals surface area contributed by atoms with Crippen molar-refractivity contribution in [3.05, 3.63) is 63.2 Å². The van der Waals surface area contributed by atoms with Crippen LogP contribution in [0.5, 0.6) is 34.5 Å². The molecule has 8 nitrogen and oxygen atoms in total. The normalized spacial score (nSPS) is 15.3. The van der Waals surface area contributed by atoms with Gasteiger partial charge < -0.3 is 28.4 Å². The summed E-state index contributed by atoms with van der Waals surface area (Å²) in [5, 5.41) is 0. The number of rotatable bonds is 30. The molecule has 0 amide bonds. The molecule has 374 valence electrons. The van der Waals surface area contributed by atoms with E-state index in [0.717, 1.165) is 129 Å². The van der Waals surface area contributed by atoms with Crippen LogP contribution in [0.4, 0.5) is 0 Å². The average molecular weight is 1140 g/mol. The molecule has 3 aromatic heterocycles. The zero-order valence-corrected chi connectivity index (χ0v) is 48.9. The molecule has 19 heteroatoms. The minimum Gasteiger partial charge on any atom is -0.488 e. The van der Waals surface area contributed by atoms with E-state index in [1.165, 1.54) is 48.1 Å². The number of carbonyl (C=O) groups is 2. The van der Waals surface area contributed by atoms with Gasteiger partial charge in [-0.25, -0.2) is 0 Å². The van der Waals surface area contributed by atoms with Gasteiger partial charge in [0, 0.05) is 0 Å². The lowest BCUT2D eigenvalue weighted by atomic mass is 10.3. The van der Waals surface area contributed by atoms with Crippen LogP contribution in [-0.2, 0) is 0 Å². The molecule has 0 bridgehead atoms. The predicted octanol–water partition coefficient (Wildman–Crippen LogP) is 19.3. The first-order valence-corrected chi connectivity index (χ1v) is 32.8. The van der Waals surface area contributed by atoms with Crippen molar-refractivity contribution in [2.24, 2.45) is 0 Å². The minimum atomic E-state index is 0.557. The number of thioether (sulfide) groups is 8. The van der Waals surface area contributed by atoms with Crippen LogP contribution in [0.1, 0.15) is 157 Å². The van der Waals surface area contributed by atoms with Crippen LogP contribution < -0.4 is 28.4 Å². The van der Waals surface area contributed by atoms with Crippen molar-refractivity contribution in [1.82, 2.24) is 0 Å². The molecule has 4 aliphatic rings. The smallest absolute Gasteiger partial charge is 0.183 e. The predicted molar refractivity (Wildman–Crippen MR) is 313 cm³/mol. The summed E-state index contributed by atoms with van der Waals surface area (Å²) in [4.78, 5) is 29.5. The quantitative estimate of drug-likeness (QED) is 0.0468. The van der Waals surface area contributed by atoms with Crippen molar-refractivity contribution in [3.8, 4) is 34.5 Å². The molecule has 0 aliphatic carbocycles. The second-order valence-corrected chi connectivity index (χ2v) is 29.5. The molecular weight excluding hydrogens is 1080 g/mol. The monoisotopic (exact) mass is 1140 g/mol. The Bertz CT molecular complexity index is 2240. The molecule has 0 unspecified atom stereocenters. The number of unbranched alkanes of at least 4 members (excludes halogenated alkanes) is 6. The molecule has 0 aromatic carbocycles. The highest BCUT2D eigenvalue weighted by Crippen LogP contribution is 2.69. The van der Waals surface area contributed by atoms with Gasteiger partial charge in [0.05, 0.1) is 93.0 Å². The van der Waals surface area contributed by atoms with Crippen LogP contribution >= 0.6 is 128 Å². The highest BCUT2D eigenvalue weighted by molar-refractivity contribution is 8.49. The Labute approximate surface area is 454 Å². The van der Waals surface area contributed by atoms with Crippen molar-refractivity contribution in [3.63, 3.8) is 0 Å². The summed E-state index contributed by atoms with van der Waals surface area (Å²) in [6.07, 6.45) is 22.5. The number of ether oxygens (including phenoxy) is 6. The number of thiophene rings is 3. The van der Waals surface area contributed by atoms with E-state index in [-0.39, 0.29) is 0 Å². The molecule has 69 heavy (non-hydrogen) atoms. The van der Waals surface area contributed by atoms with Gasteiger partial charge in [0.15, 0.2) is 47.1 Å². The Morgan fingerprint density at radius 1 is 0.304 bits per heavy atom. The number of carbonyl (C=O) groups excluding carboxylic acids is 2.